The first-order valence-corrected chi connectivity index (χ1v) is 7.42. The summed E-state index contributed by atoms with van der Waals surface area (Å²) < 4.78 is 0. The SMILES string of the molecule is CN(C1=NC(=O)C(=Cc2ccccc2)S1)c1ccccc1. The number of carbonyl (C=O) groups is 1. The number of nitrogens with zero attached hydrogens (tertiary/aromatic N) is 2. The van der Waals surface area contributed by atoms with Crippen LogP contribution in [0.15, 0.2) is 70.6 Å². The number of carbonyl (C=O) groups excluding carboxylic acids is 1. The Kier molecular flexibility index (Phi) is 3.88. The van der Waals surface area contributed by atoms with Crippen LogP contribution in [0.5, 0.6) is 0 Å². The molecule has 104 valence electrons. The Hall–Kier alpha value is -2.33. The molecule has 0 radical (unpaired) electrons. The normalized spacial score (nSPS) is 16.1. The van der Waals surface area contributed by atoms with Crippen LogP contribution in [0.1, 0.15) is 5.56 Å². The molecule has 21 heavy (non-hydrogen) atoms. The molecule has 0 atom stereocenters. The number of amides is 1. The molecule has 1 heterocycles. The molecule has 0 bridgehead atoms. The first kappa shape index (κ1) is 13.6. The minimum atomic E-state index is -0.179. The van der Waals surface area contributed by atoms with Crippen LogP contribution in [0.4, 0.5) is 5.69 Å². The van der Waals surface area contributed by atoms with Gasteiger partial charge in [-0.1, -0.05) is 48.5 Å². The molecule has 1 amide bonds. The lowest BCUT2D eigenvalue weighted by Crippen LogP contribution is -2.21. The zero-order chi connectivity index (χ0) is 14.7. The van der Waals surface area contributed by atoms with E-state index in [0.29, 0.717) is 10.1 Å². The fourth-order valence-electron chi connectivity index (χ4n) is 2.00. The van der Waals surface area contributed by atoms with Crippen molar-refractivity contribution in [2.24, 2.45) is 4.99 Å². The maximum Gasteiger partial charge on any atom is 0.286 e. The summed E-state index contributed by atoms with van der Waals surface area (Å²) in [6.07, 6.45) is 1.88. The van der Waals surface area contributed by atoms with Crippen molar-refractivity contribution >= 4 is 34.6 Å². The highest BCUT2D eigenvalue weighted by molar-refractivity contribution is 8.18. The summed E-state index contributed by atoms with van der Waals surface area (Å²) >= 11 is 1.40. The Balaban J connectivity index is 1.81. The number of hydrogen-bond donors (Lipinski definition) is 0. The van der Waals surface area contributed by atoms with E-state index in [2.05, 4.69) is 4.99 Å². The highest BCUT2D eigenvalue weighted by atomic mass is 32.2. The molecule has 4 heteroatoms. The van der Waals surface area contributed by atoms with E-state index in [1.165, 1.54) is 11.8 Å². The third-order valence-electron chi connectivity index (χ3n) is 3.14. The summed E-state index contributed by atoms with van der Waals surface area (Å²) in [6, 6.07) is 19.7. The van der Waals surface area contributed by atoms with Gasteiger partial charge in [-0.05, 0) is 35.5 Å². The van der Waals surface area contributed by atoms with Crippen molar-refractivity contribution in [1.29, 1.82) is 0 Å². The maximum absolute atomic E-state index is 12.0. The van der Waals surface area contributed by atoms with Gasteiger partial charge in [0.05, 0.1) is 4.91 Å². The minimum absolute atomic E-state index is 0.179. The van der Waals surface area contributed by atoms with Crippen molar-refractivity contribution in [2.75, 3.05) is 11.9 Å². The Morgan fingerprint density at radius 2 is 1.62 bits per heavy atom. The van der Waals surface area contributed by atoms with Crippen LogP contribution >= 0.6 is 11.8 Å². The zero-order valence-electron chi connectivity index (χ0n) is 11.6. The summed E-state index contributed by atoms with van der Waals surface area (Å²) in [5.74, 6) is -0.179. The van der Waals surface area contributed by atoms with E-state index in [-0.39, 0.29) is 5.91 Å². The lowest BCUT2D eigenvalue weighted by Gasteiger charge is -2.17. The molecule has 3 nitrogen and oxygen atoms in total. The van der Waals surface area contributed by atoms with Crippen molar-refractivity contribution in [1.82, 2.24) is 0 Å². The summed E-state index contributed by atoms with van der Waals surface area (Å²) in [5, 5.41) is 0.702. The third kappa shape index (κ3) is 3.06. The minimum Gasteiger partial charge on any atom is -0.324 e. The van der Waals surface area contributed by atoms with Gasteiger partial charge in [0.1, 0.15) is 0 Å². The monoisotopic (exact) mass is 294 g/mol. The van der Waals surface area contributed by atoms with E-state index in [4.69, 9.17) is 0 Å². The summed E-state index contributed by atoms with van der Waals surface area (Å²) in [6.45, 7) is 0. The highest BCUT2D eigenvalue weighted by Crippen LogP contribution is 2.31. The molecule has 0 spiro atoms. The van der Waals surface area contributed by atoms with Crippen molar-refractivity contribution in [3.05, 3.63) is 71.1 Å². The molecule has 0 saturated carbocycles. The van der Waals surface area contributed by atoms with Gasteiger partial charge in [0.2, 0.25) is 0 Å². The molecule has 0 unspecified atom stereocenters. The summed E-state index contributed by atoms with van der Waals surface area (Å²) in [5.41, 5.74) is 2.02. The van der Waals surface area contributed by atoms with E-state index >= 15 is 0 Å². The molecule has 0 saturated heterocycles. The van der Waals surface area contributed by atoms with Gasteiger partial charge < -0.3 is 4.90 Å². The molecular formula is C17H14N2OS. The standard InChI is InChI=1S/C17H14N2OS/c1-19(14-10-6-3-7-11-14)17-18-16(20)15(21-17)12-13-8-4-2-5-9-13/h2-12H,1H3. The van der Waals surface area contributed by atoms with E-state index in [1.807, 2.05) is 78.7 Å². The number of para-hydroxylation sites is 1. The molecule has 2 aromatic rings. The van der Waals surface area contributed by atoms with E-state index in [9.17, 15) is 4.79 Å². The average molecular weight is 294 g/mol. The Labute approximate surface area is 128 Å². The lowest BCUT2D eigenvalue weighted by molar-refractivity contribution is -0.113. The van der Waals surface area contributed by atoms with E-state index < -0.39 is 0 Å². The molecule has 1 aliphatic heterocycles. The molecule has 3 rings (SSSR count). The molecule has 1 aliphatic rings. The van der Waals surface area contributed by atoms with Gasteiger partial charge in [0.15, 0.2) is 5.17 Å². The average Bonchev–Trinajstić information content (AvgIpc) is 2.89. The number of thioether (sulfide) groups is 1. The van der Waals surface area contributed by atoms with Crippen molar-refractivity contribution in [3.63, 3.8) is 0 Å². The topological polar surface area (TPSA) is 32.7 Å². The second kappa shape index (κ2) is 5.97. The predicted molar refractivity (Wildman–Crippen MR) is 89.3 cm³/mol. The summed E-state index contributed by atoms with van der Waals surface area (Å²) in [7, 11) is 1.92. The Morgan fingerprint density at radius 3 is 2.29 bits per heavy atom. The number of benzene rings is 2. The third-order valence-corrected chi connectivity index (χ3v) is 4.20. The number of anilines is 1. The highest BCUT2D eigenvalue weighted by Gasteiger charge is 2.24. The molecule has 0 aliphatic carbocycles. The van der Waals surface area contributed by atoms with Crippen molar-refractivity contribution in [2.45, 2.75) is 0 Å². The first-order chi connectivity index (χ1) is 10.2. The van der Waals surface area contributed by atoms with Crippen LogP contribution in [-0.2, 0) is 4.79 Å². The van der Waals surface area contributed by atoms with E-state index in [1.54, 1.807) is 0 Å². The molecule has 0 aromatic heterocycles. The van der Waals surface area contributed by atoms with Crippen LogP contribution in [0.2, 0.25) is 0 Å². The number of amidine groups is 1. The van der Waals surface area contributed by atoms with Gasteiger partial charge in [0, 0.05) is 12.7 Å². The smallest absolute Gasteiger partial charge is 0.286 e. The largest absolute Gasteiger partial charge is 0.324 e. The van der Waals surface area contributed by atoms with Gasteiger partial charge in [0.25, 0.3) is 5.91 Å². The number of aliphatic imine (C=N–C) groups is 1. The fourth-order valence-corrected chi connectivity index (χ4v) is 2.90. The van der Waals surface area contributed by atoms with E-state index in [0.717, 1.165) is 11.3 Å². The van der Waals surface area contributed by atoms with Gasteiger partial charge in [-0.25, -0.2) is 0 Å². The van der Waals surface area contributed by atoms with Gasteiger partial charge in [-0.15, -0.1) is 0 Å². The molecule has 0 N–H and O–H groups in total. The quantitative estimate of drug-likeness (QED) is 0.790. The predicted octanol–water partition coefficient (Wildman–Crippen LogP) is 3.79. The Morgan fingerprint density at radius 1 is 1.00 bits per heavy atom. The second-order valence-electron chi connectivity index (χ2n) is 4.62. The van der Waals surface area contributed by atoms with Crippen LogP contribution in [0, 0.1) is 0 Å². The van der Waals surface area contributed by atoms with Crippen LogP contribution in [-0.4, -0.2) is 18.1 Å². The number of rotatable bonds is 2. The number of hydrogen-bond acceptors (Lipinski definition) is 3. The first-order valence-electron chi connectivity index (χ1n) is 6.60. The molecule has 2 aromatic carbocycles. The van der Waals surface area contributed by atoms with Gasteiger partial charge >= 0.3 is 0 Å². The fraction of sp³-hybridized carbons (Fsp3) is 0.0588. The lowest BCUT2D eigenvalue weighted by atomic mass is 10.2. The van der Waals surface area contributed by atoms with Crippen molar-refractivity contribution < 1.29 is 4.79 Å². The Bertz CT molecular complexity index is 708. The van der Waals surface area contributed by atoms with Crippen LogP contribution in [0.25, 0.3) is 6.08 Å². The van der Waals surface area contributed by atoms with Crippen molar-refractivity contribution in [3.8, 4) is 0 Å². The van der Waals surface area contributed by atoms with Crippen LogP contribution < -0.4 is 4.90 Å². The van der Waals surface area contributed by atoms with Gasteiger partial charge in [-0.3, -0.25) is 4.79 Å². The zero-order valence-corrected chi connectivity index (χ0v) is 12.4. The molecular weight excluding hydrogens is 280 g/mol. The second-order valence-corrected chi connectivity index (χ2v) is 5.62. The van der Waals surface area contributed by atoms with Crippen LogP contribution in [0.3, 0.4) is 0 Å². The molecule has 0 fully saturated rings. The maximum atomic E-state index is 12.0. The summed E-state index contributed by atoms with van der Waals surface area (Å²) in [4.78, 5) is 18.7. The van der Waals surface area contributed by atoms with Gasteiger partial charge in [-0.2, -0.15) is 4.99 Å².